The Bertz CT molecular complexity index is 1760. The van der Waals surface area contributed by atoms with E-state index in [0.29, 0.717) is 22.8 Å². The molecule has 4 aromatic carbocycles. The second-order valence-electron chi connectivity index (χ2n) is 11.1. The van der Waals surface area contributed by atoms with Gasteiger partial charge >= 0.3 is 12.1 Å². The van der Waals surface area contributed by atoms with Crippen molar-refractivity contribution in [3.63, 3.8) is 0 Å². The number of nitrogens with one attached hydrogen (secondary N) is 1. The molecule has 1 aromatic heterocycles. The minimum absolute atomic E-state index is 0.198. The second kappa shape index (κ2) is 12.1. The smallest absolute Gasteiger partial charge is 0.412 e. The van der Waals surface area contributed by atoms with Crippen molar-refractivity contribution in [1.82, 2.24) is 5.16 Å². The van der Waals surface area contributed by atoms with Crippen LogP contribution in [0.2, 0.25) is 0 Å². The van der Waals surface area contributed by atoms with Crippen molar-refractivity contribution in [1.29, 1.82) is 0 Å². The van der Waals surface area contributed by atoms with Gasteiger partial charge in [0.15, 0.2) is 5.76 Å². The Kier molecular flexibility index (Phi) is 7.89. The molecule has 44 heavy (non-hydrogen) atoms. The molecule has 1 aliphatic rings. The summed E-state index contributed by atoms with van der Waals surface area (Å²) >= 11 is 0. The summed E-state index contributed by atoms with van der Waals surface area (Å²) < 4.78 is 16.8. The lowest BCUT2D eigenvalue weighted by Gasteiger charge is -2.16. The van der Waals surface area contributed by atoms with E-state index in [-0.39, 0.29) is 12.6 Å². The third-order valence-electron chi connectivity index (χ3n) is 8.05. The highest BCUT2D eigenvalue weighted by Gasteiger charge is 2.52. The van der Waals surface area contributed by atoms with Gasteiger partial charge in [0.05, 0.1) is 5.41 Å². The van der Waals surface area contributed by atoms with Crippen molar-refractivity contribution < 1.29 is 23.6 Å². The summed E-state index contributed by atoms with van der Waals surface area (Å²) in [5, 5.41) is 6.86. The molecule has 1 amide bonds. The fourth-order valence-electron chi connectivity index (χ4n) is 5.23. The lowest BCUT2D eigenvalue weighted by Crippen LogP contribution is -2.23. The number of rotatable bonds is 9. The molecular formula is C36H33N3O5. The van der Waals surface area contributed by atoms with E-state index in [4.69, 9.17) is 19.7 Å². The van der Waals surface area contributed by atoms with E-state index in [1.165, 1.54) is 0 Å². The molecule has 0 aliphatic heterocycles. The number of amides is 1. The van der Waals surface area contributed by atoms with Crippen LogP contribution in [0.1, 0.15) is 48.3 Å². The van der Waals surface area contributed by atoms with Crippen molar-refractivity contribution in [2.75, 3.05) is 11.1 Å². The highest BCUT2D eigenvalue weighted by molar-refractivity contribution is 5.91. The highest BCUT2D eigenvalue weighted by atomic mass is 16.6. The SMILES string of the molecule is Cc1noc(-c2ccc(-c3ccc(C4(C(=O)OCc5ccc(N)cc5)CC4)cc3)cc2)c1NC(=O)O[C@H](C)c1ccccc1. The average Bonchev–Trinajstić information content (AvgIpc) is 3.79. The Morgan fingerprint density at radius 3 is 2.14 bits per heavy atom. The molecule has 1 atom stereocenters. The van der Waals surface area contributed by atoms with Gasteiger partial charge in [-0.05, 0) is 66.6 Å². The number of ether oxygens (including phenoxy) is 2. The summed E-state index contributed by atoms with van der Waals surface area (Å²) in [6.45, 7) is 3.81. The van der Waals surface area contributed by atoms with Crippen LogP contribution in [0.4, 0.5) is 16.2 Å². The minimum Gasteiger partial charge on any atom is -0.460 e. The van der Waals surface area contributed by atoms with Gasteiger partial charge in [-0.1, -0.05) is 96.2 Å². The fraction of sp³-hybridized carbons (Fsp3) is 0.194. The monoisotopic (exact) mass is 587 g/mol. The molecule has 1 saturated carbocycles. The van der Waals surface area contributed by atoms with Crippen LogP contribution in [-0.2, 0) is 26.3 Å². The number of esters is 1. The van der Waals surface area contributed by atoms with Crippen LogP contribution in [0.3, 0.4) is 0 Å². The molecule has 222 valence electrons. The molecule has 0 spiro atoms. The summed E-state index contributed by atoms with van der Waals surface area (Å²) in [5.74, 6) is 0.249. The first-order valence-electron chi connectivity index (χ1n) is 14.5. The summed E-state index contributed by atoms with van der Waals surface area (Å²) in [7, 11) is 0. The van der Waals surface area contributed by atoms with E-state index < -0.39 is 17.6 Å². The van der Waals surface area contributed by atoms with Crippen LogP contribution in [0.15, 0.2) is 108 Å². The molecule has 8 heteroatoms. The van der Waals surface area contributed by atoms with Gasteiger partial charge in [-0.25, -0.2) is 4.79 Å². The van der Waals surface area contributed by atoms with E-state index >= 15 is 0 Å². The van der Waals surface area contributed by atoms with Gasteiger partial charge in [-0.3, -0.25) is 10.1 Å². The molecule has 5 aromatic rings. The lowest BCUT2D eigenvalue weighted by molar-refractivity contribution is -0.148. The van der Waals surface area contributed by atoms with Crippen molar-refractivity contribution in [3.8, 4) is 22.5 Å². The predicted octanol–water partition coefficient (Wildman–Crippen LogP) is 7.98. The first kappa shape index (κ1) is 28.7. The maximum Gasteiger partial charge on any atom is 0.412 e. The van der Waals surface area contributed by atoms with E-state index in [9.17, 15) is 9.59 Å². The maximum absolute atomic E-state index is 13.0. The van der Waals surface area contributed by atoms with Gasteiger partial charge in [-0.15, -0.1) is 0 Å². The number of carbonyl (C=O) groups is 2. The number of hydrogen-bond acceptors (Lipinski definition) is 7. The molecule has 0 bridgehead atoms. The van der Waals surface area contributed by atoms with Gasteiger partial charge in [-0.2, -0.15) is 0 Å². The van der Waals surface area contributed by atoms with Crippen LogP contribution >= 0.6 is 0 Å². The zero-order chi connectivity index (χ0) is 30.7. The van der Waals surface area contributed by atoms with Crippen LogP contribution in [0.25, 0.3) is 22.5 Å². The zero-order valence-corrected chi connectivity index (χ0v) is 24.6. The topological polar surface area (TPSA) is 117 Å². The van der Waals surface area contributed by atoms with Crippen LogP contribution in [-0.4, -0.2) is 17.2 Å². The highest BCUT2D eigenvalue weighted by Crippen LogP contribution is 2.49. The fourth-order valence-corrected chi connectivity index (χ4v) is 5.23. The van der Waals surface area contributed by atoms with Gasteiger partial charge in [0.1, 0.15) is 24.1 Å². The Morgan fingerprint density at radius 1 is 0.886 bits per heavy atom. The summed E-state index contributed by atoms with van der Waals surface area (Å²) in [6, 6.07) is 32.7. The predicted molar refractivity (Wildman–Crippen MR) is 169 cm³/mol. The Hall–Kier alpha value is -5.37. The first-order chi connectivity index (χ1) is 21.3. The lowest BCUT2D eigenvalue weighted by atomic mass is 9.93. The standard InChI is InChI=1S/C36H33N3O5/c1-23-32(38-35(41)43-24(2)26-6-4-3-5-7-26)33(44-39-23)29-12-10-27(11-13-29)28-14-16-30(17-15-28)36(20-21-36)34(40)42-22-25-8-18-31(37)19-9-25/h3-19,24H,20-22,37H2,1-2H3,(H,38,41)/t24-/m1/s1. The molecule has 0 radical (unpaired) electrons. The Balaban J connectivity index is 1.11. The number of nitrogen functional groups attached to an aromatic ring is 1. The average molecular weight is 588 g/mol. The van der Waals surface area contributed by atoms with Gasteiger partial charge in [0, 0.05) is 11.3 Å². The van der Waals surface area contributed by atoms with Crippen LogP contribution in [0, 0.1) is 6.92 Å². The minimum atomic E-state index is -0.590. The molecule has 0 unspecified atom stereocenters. The molecule has 8 nitrogen and oxygen atoms in total. The zero-order valence-electron chi connectivity index (χ0n) is 24.6. The second-order valence-corrected chi connectivity index (χ2v) is 11.1. The van der Waals surface area contributed by atoms with Crippen LogP contribution in [0.5, 0.6) is 0 Å². The number of carbonyl (C=O) groups excluding carboxylic acids is 2. The third kappa shape index (κ3) is 6.06. The quantitative estimate of drug-likeness (QED) is 0.133. The first-order valence-corrected chi connectivity index (χ1v) is 14.5. The van der Waals surface area contributed by atoms with Crippen molar-refractivity contribution in [2.45, 2.75) is 44.8 Å². The number of anilines is 2. The van der Waals surface area contributed by atoms with Crippen molar-refractivity contribution in [2.24, 2.45) is 0 Å². The molecule has 1 aliphatic carbocycles. The molecule has 0 saturated heterocycles. The van der Waals surface area contributed by atoms with Crippen molar-refractivity contribution >= 4 is 23.4 Å². The van der Waals surface area contributed by atoms with Crippen molar-refractivity contribution in [3.05, 3.63) is 126 Å². The number of aromatic nitrogens is 1. The van der Waals surface area contributed by atoms with E-state index in [0.717, 1.165) is 46.2 Å². The van der Waals surface area contributed by atoms with Gasteiger partial charge < -0.3 is 19.7 Å². The molecule has 1 fully saturated rings. The number of hydrogen-bond donors (Lipinski definition) is 2. The summed E-state index contributed by atoms with van der Waals surface area (Å²) in [6.07, 6.45) is 0.536. The Labute approximate surface area is 255 Å². The van der Waals surface area contributed by atoms with Gasteiger partial charge in [0.2, 0.25) is 0 Å². The number of benzene rings is 4. The van der Waals surface area contributed by atoms with Gasteiger partial charge in [0.25, 0.3) is 0 Å². The number of nitrogens with zero attached hydrogens (tertiary/aromatic N) is 1. The molecule has 1 heterocycles. The largest absolute Gasteiger partial charge is 0.460 e. The molecular weight excluding hydrogens is 554 g/mol. The van der Waals surface area contributed by atoms with E-state index in [1.54, 1.807) is 19.1 Å². The molecule has 3 N–H and O–H groups in total. The Morgan fingerprint density at radius 2 is 1.50 bits per heavy atom. The van der Waals surface area contributed by atoms with E-state index in [1.807, 2.05) is 97.9 Å². The van der Waals surface area contributed by atoms with Crippen LogP contribution < -0.4 is 11.1 Å². The normalized spacial score (nSPS) is 14.0. The maximum atomic E-state index is 13.0. The van der Waals surface area contributed by atoms with E-state index in [2.05, 4.69) is 10.5 Å². The number of aryl methyl sites for hydroxylation is 1. The molecule has 6 rings (SSSR count). The summed E-state index contributed by atoms with van der Waals surface area (Å²) in [5.41, 5.74) is 12.4. The third-order valence-corrected chi connectivity index (χ3v) is 8.05. The number of nitrogens with two attached hydrogens (primary N) is 1. The summed E-state index contributed by atoms with van der Waals surface area (Å²) in [4.78, 5) is 25.7.